The van der Waals surface area contributed by atoms with Gasteiger partial charge in [0.2, 0.25) is 0 Å². The lowest BCUT2D eigenvalue weighted by atomic mass is 9.86. The van der Waals surface area contributed by atoms with Gasteiger partial charge in [-0.1, -0.05) is 6.92 Å². The number of aromatic nitrogens is 1. The highest BCUT2D eigenvalue weighted by molar-refractivity contribution is 6.00. The smallest absolute Gasteiger partial charge is 0.162 e. The Bertz CT molecular complexity index is 642. The summed E-state index contributed by atoms with van der Waals surface area (Å²) in [7, 11) is 2.02. The molecule has 1 aliphatic rings. The van der Waals surface area contributed by atoms with E-state index in [1.807, 2.05) is 20.0 Å². The third-order valence-corrected chi connectivity index (χ3v) is 4.43. The molecular weight excluding hydrogens is 248 g/mol. The number of nitrogens with one attached hydrogen (secondary N) is 2. The number of H-pyrrole nitrogens is 1. The molecule has 1 aromatic heterocycles. The molecule has 0 saturated carbocycles. The Balaban J connectivity index is 2.02. The van der Waals surface area contributed by atoms with E-state index in [-0.39, 0.29) is 5.78 Å². The lowest BCUT2D eigenvalue weighted by Crippen LogP contribution is -2.24. The Morgan fingerprint density at radius 1 is 1.45 bits per heavy atom. The number of fused-ring (bicyclic) bond motifs is 3. The van der Waals surface area contributed by atoms with Crippen LogP contribution in [0.25, 0.3) is 10.9 Å². The number of benzene rings is 1. The highest BCUT2D eigenvalue weighted by atomic mass is 16.1. The van der Waals surface area contributed by atoms with Gasteiger partial charge < -0.3 is 10.3 Å². The molecule has 0 spiro atoms. The Hall–Kier alpha value is -1.61. The van der Waals surface area contributed by atoms with Crippen molar-refractivity contribution in [3.8, 4) is 0 Å². The van der Waals surface area contributed by atoms with E-state index in [4.69, 9.17) is 0 Å². The van der Waals surface area contributed by atoms with Gasteiger partial charge in [-0.15, -0.1) is 0 Å². The van der Waals surface area contributed by atoms with Crippen LogP contribution in [0.2, 0.25) is 0 Å². The molecule has 2 N–H and O–H groups in total. The molecule has 0 radical (unpaired) electrons. The van der Waals surface area contributed by atoms with Crippen molar-refractivity contribution in [1.82, 2.24) is 10.3 Å². The van der Waals surface area contributed by atoms with Crippen molar-refractivity contribution in [1.29, 1.82) is 0 Å². The van der Waals surface area contributed by atoms with Crippen LogP contribution in [0.3, 0.4) is 0 Å². The number of aryl methyl sites for hydroxylation is 1. The van der Waals surface area contributed by atoms with Crippen LogP contribution in [0.1, 0.15) is 41.4 Å². The van der Waals surface area contributed by atoms with Crippen LogP contribution in [0, 0.1) is 5.92 Å². The van der Waals surface area contributed by atoms with Gasteiger partial charge in [-0.2, -0.15) is 0 Å². The minimum Gasteiger partial charge on any atom is -0.358 e. The molecule has 3 rings (SSSR count). The highest BCUT2D eigenvalue weighted by Crippen LogP contribution is 2.32. The molecule has 0 aliphatic heterocycles. The third kappa shape index (κ3) is 2.27. The minimum atomic E-state index is 0.226. The van der Waals surface area contributed by atoms with Crippen molar-refractivity contribution in [2.75, 3.05) is 13.6 Å². The molecule has 1 aromatic carbocycles. The Morgan fingerprint density at radius 2 is 2.30 bits per heavy atom. The van der Waals surface area contributed by atoms with Gasteiger partial charge in [-0.05, 0) is 62.5 Å². The van der Waals surface area contributed by atoms with Crippen LogP contribution in [0.15, 0.2) is 18.2 Å². The van der Waals surface area contributed by atoms with Crippen LogP contribution in [-0.2, 0) is 12.8 Å². The van der Waals surface area contributed by atoms with Gasteiger partial charge in [0, 0.05) is 28.6 Å². The summed E-state index contributed by atoms with van der Waals surface area (Å²) in [6, 6.07) is 6.09. The molecule has 3 nitrogen and oxygen atoms in total. The molecule has 1 heterocycles. The van der Waals surface area contributed by atoms with E-state index in [0.29, 0.717) is 12.3 Å². The number of carbonyl (C=O) groups is 1. The zero-order valence-corrected chi connectivity index (χ0v) is 12.3. The van der Waals surface area contributed by atoms with Gasteiger partial charge in [0.25, 0.3) is 0 Å². The predicted molar refractivity (Wildman–Crippen MR) is 82.4 cm³/mol. The fraction of sp³-hybridized carbons (Fsp3) is 0.471. The van der Waals surface area contributed by atoms with Crippen molar-refractivity contribution in [2.24, 2.45) is 5.92 Å². The van der Waals surface area contributed by atoms with E-state index in [9.17, 15) is 4.79 Å². The Morgan fingerprint density at radius 3 is 3.05 bits per heavy atom. The predicted octanol–water partition coefficient (Wildman–Crippen LogP) is 3.08. The van der Waals surface area contributed by atoms with E-state index in [2.05, 4.69) is 22.4 Å². The largest absolute Gasteiger partial charge is 0.358 e. The van der Waals surface area contributed by atoms with E-state index in [1.54, 1.807) is 0 Å². The van der Waals surface area contributed by atoms with E-state index in [0.717, 1.165) is 24.9 Å². The normalized spacial score (nSPS) is 18.2. The van der Waals surface area contributed by atoms with Gasteiger partial charge in [0.05, 0.1) is 0 Å². The zero-order chi connectivity index (χ0) is 14.1. The number of rotatable bonds is 4. The monoisotopic (exact) mass is 270 g/mol. The highest BCUT2D eigenvalue weighted by Gasteiger charge is 2.22. The van der Waals surface area contributed by atoms with E-state index >= 15 is 0 Å². The standard InChI is InChI=1S/C17H22N2O/c1-3-17(20)12-5-7-16-14(9-12)13-8-11(10-18-2)4-6-15(13)19-16/h5,7,9,11,18-19H,3-4,6,8,10H2,1-2H3. The number of hydrogen-bond acceptors (Lipinski definition) is 2. The van der Waals surface area contributed by atoms with Gasteiger partial charge in [0.1, 0.15) is 0 Å². The summed E-state index contributed by atoms with van der Waals surface area (Å²) in [5.74, 6) is 0.932. The first-order valence-corrected chi connectivity index (χ1v) is 7.54. The lowest BCUT2D eigenvalue weighted by Gasteiger charge is -2.22. The van der Waals surface area contributed by atoms with Crippen LogP contribution < -0.4 is 5.32 Å². The Labute approximate surface area is 119 Å². The maximum atomic E-state index is 11.9. The number of Topliss-reactive ketones (excluding diaryl/α,β-unsaturated/α-hetero) is 1. The van der Waals surface area contributed by atoms with Crippen LogP contribution in [0.5, 0.6) is 0 Å². The summed E-state index contributed by atoms with van der Waals surface area (Å²) in [5, 5.41) is 4.53. The van der Waals surface area contributed by atoms with E-state index < -0.39 is 0 Å². The summed E-state index contributed by atoms with van der Waals surface area (Å²) < 4.78 is 0. The quantitative estimate of drug-likeness (QED) is 0.839. The topological polar surface area (TPSA) is 44.9 Å². The first-order valence-electron chi connectivity index (χ1n) is 7.54. The fourth-order valence-corrected chi connectivity index (χ4v) is 3.33. The molecule has 1 unspecified atom stereocenters. The Kier molecular flexibility index (Phi) is 3.62. The maximum Gasteiger partial charge on any atom is 0.162 e. The van der Waals surface area contributed by atoms with Crippen LogP contribution in [0.4, 0.5) is 0 Å². The number of ketones is 1. The van der Waals surface area contributed by atoms with Crippen molar-refractivity contribution in [3.63, 3.8) is 0 Å². The maximum absolute atomic E-state index is 11.9. The SMILES string of the molecule is CCC(=O)c1ccc2[nH]c3c(c2c1)CC(CNC)CC3. The average Bonchev–Trinajstić information content (AvgIpc) is 2.84. The number of hydrogen-bond donors (Lipinski definition) is 2. The van der Waals surface area contributed by atoms with Gasteiger partial charge >= 0.3 is 0 Å². The summed E-state index contributed by atoms with van der Waals surface area (Å²) in [6.07, 6.45) is 4.04. The van der Waals surface area contributed by atoms with Crippen molar-refractivity contribution >= 4 is 16.7 Å². The molecule has 1 aliphatic carbocycles. The molecule has 0 fully saturated rings. The number of aromatic amines is 1. The molecule has 20 heavy (non-hydrogen) atoms. The third-order valence-electron chi connectivity index (χ3n) is 4.43. The second-order valence-corrected chi connectivity index (χ2v) is 5.79. The summed E-state index contributed by atoms with van der Waals surface area (Å²) in [4.78, 5) is 15.4. The molecule has 0 amide bonds. The summed E-state index contributed by atoms with van der Waals surface area (Å²) in [5.41, 5.74) is 4.82. The van der Waals surface area contributed by atoms with E-state index in [1.165, 1.54) is 28.6 Å². The first-order chi connectivity index (χ1) is 9.72. The molecule has 2 aromatic rings. The van der Waals surface area contributed by atoms with Crippen molar-refractivity contribution in [2.45, 2.75) is 32.6 Å². The van der Waals surface area contributed by atoms with Crippen molar-refractivity contribution in [3.05, 3.63) is 35.0 Å². The molecule has 106 valence electrons. The molecule has 3 heteroatoms. The van der Waals surface area contributed by atoms with Crippen LogP contribution >= 0.6 is 0 Å². The molecule has 0 saturated heterocycles. The second-order valence-electron chi connectivity index (χ2n) is 5.79. The summed E-state index contributed by atoms with van der Waals surface area (Å²) in [6.45, 7) is 2.99. The molecular formula is C17H22N2O. The second kappa shape index (κ2) is 5.41. The fourth-order valence-electron chi connectivity index (χ4n) is 3.33. The van der Waals surface area contributed by atoms with Gasteiger partial charge in [-0.25, -0.2) is 0 Å². The minimum absolute atomic E-state index is 0.226. The lowest BCUT2D eigenvalue weighted by molar-refractivity contribution is 0.0988. The van der Waals surface area contributed by atoms with Gasteiger partial charge in [0.15, 0.2) is 5.78 Å². The first kappa shape index (κ1) is 13.4. The van der Waals surface area contributed by atoms with Crippen molar-refractivity contribution < 1.29 is 4.79 Å². The number of carbonyl (C=O) groups excluding carboxylic acids is 1. The molecule has 0 bridgehead atoms. The average molecular weight is 270 g/mol. The zero-order valence-electron chi connectivity index (χ0n) is 12.3. The molecule has 1 atom stereocenters. The summed E-state index contributed by atoms with van der Waals surface area (Å²) >= 11 is 0. The van der Waals surface area contributed by atoms with Crippen LogP contribution in [-0.4, -0.2) is 24.4 Å². The van der Waals surface area contributed by atoms with Gasteiger partial charge in [-0.3, -0.25) is 4.79 Å².